The zero-order valence-corrected chi connectivity index (χ0v) is 12.3. The molecule has 1 aliphatic rings. The summed E-state index contributed by atoms with van der Waals surface area (Å²) in [6.45, 7) is 8.12. The van der Waals surface area contributed by atoms with Crippen molar-refractivity contribution in [1.29, 1.82) is 0 Å². The van der Waals surface area contributed by atoms with E-state index in [1.165, 1.54) is 0 Å². The van der Waals surface area contributed by atoms with Crippen LogP contribution in [0.3, 0.4) is 0 Å². The molecule has 1 fully saturated rings. The Morgan fingerprint density at radius 1 is 1.47 bits per heavy atom. The summed E-state index contributed by atoms with van der Waals surface area (Å²) in [6, 6.07) is 5.46. The van der Waals surface area contributed by atoms with E-state index in [1.807, 2.05) is 33.8 Å². The average molecular weight is 284 g/mol. The first-order valence-electron chi connectivity index (χ1n) is 6.14. The standard InChI is InChI=1S/C14H18ClNO3/c1-13(2,3)19-12(17)16-11-6-5-9(7-10(11)15)14(4)8-18-14/h5-7H,8H2,1-4H3,(H,16,17). The molecule has 1 amide bonds. The van der Waals surface area contributed by atoms with Gasteiger partial charge in [0.2, 0.25) is 0 Å². The van der Waals surface area contributed by atoms with E-state index >= 15 is 0 Å². The highest BCUT2D eigenvalue weighted by molar-refractivity contribution is 6.33. The number of hydrogen-bond donors (Lipinski definition) is 1. The lowest BCUT2D eigenvalue weighted by atomic mass is 10.0. The third kappa shape index (κ3) is 3.61. The molecule has 1 saturated heterocycles. The van der Waals surface area contributed by atoms with Crippen LogP contribution in [0.15, 0.2) is 18.2 Å². The fraction of sp³-hybridized carbons (Fsp3) is 0.500. The van der Waals surface area contributed by atoms with Gasteiger partial charge in [0.1, 0.15) is 11.2 Å². The molecule has 0 bridgehead atoms. The molecule has 2 rings (SSSR count). The highest BCUT2D eigenvalue weighted by Crippen LogP contribution is 2.40. The van der Waals surface area contributed by atoms with E-state index < -0.39 is 11.7 Å². The van der Waals surface area contributed by atoms with E-state index in [0.29, 0.717) is 17.3 Å². The maximum absolute atomic E-state index is 11.7. The van der Waals surface area contributed by atoms with Crippen molar-refractivity contribution in [1.82, 2.24) is 0 Å². The molecule has 1 N–H and O–H groups in total. The van der Waals surface area contributed by atoms with E-state index in [1.54, 1.807) is 12.1 Å². The number of hydrogen-bond acceptors (Lipinski definition) is 3. The SMILES string of the molecule is CC(C)(C)OC(=O)Nc1ccc(C2(C)CO2)cc1Cl. The fourth-order valence-corrected chi connectivity index (χ4v) is 1.86. The zero-order valence-electron chi connectivity index (χ0n) is 11.5. The summed E-state index contributed by atoms with van der Waals surface area (Å²) in [7, 11) is 0. The molecule has 1 heterocycles. The third-order valence-electron chi connectivity index (χ3n) is 2.79. The summed E-state index contributed by atoms with van der Waals surface area (Å²) >= 11 is 6.15. The maximum atomic E-state index is 11.7. The Balaban J connectivity index is 2.07. The van der Waals surface area contributed by atoms with Crippen molar-refractivity contribution in [2.75, 3.05) is 11.9 Å². The van der Waals surface area contributed by atoms with Gasteiger partial charge in [-0.15, -0.1) is 0 Å². The number of carbonyl (C=O) groups is 1. The number of ether oxygens (including phenoxy) is 2. The molecule has 0 radical (unpaired) electrons. The molecule has 1 aliphatic heterocycles. The van der Waals surface area contributed by atoms with Crippen LogP contribution in [0.1, 0.15) is 33.3 Å². The van der Waals surface area contributed by atoms with E-state index in [4.69, 9.17) is 21.1 Å². The second kappa shape index (κ2) is 4.69. The molecule has 19 heavy (non-hydrogen) atoms. The Morgan fingerprint density at radius 2 is 2.11 bits per heavy atom. The molecule has 5 heteroatoms. The Bertz CT molecular complexity index is 504. The zero-order chi connectivity index (χ0) is 14.3. The van der Waals surface area contributed by atoms with Crippen molar-refractivity contribution >= 4 is 23.4 Å². The first-order chi connectivity index (χ1) is 8.70. The number of rotatable bonds is 2. The molecule has 0 saturated carbocycles. The number of carbonyl (C=O) groups excluding carboxylic acids is 1. The molecule has 4 nitrogen and oxygen atoms in total. The number of amides is 1. The van der Waals surface area contributed by atoms with Crippen molar-refractivity contribution in [3.8, 4) is 0 Å². The maximum Gasteiger partial charge on any atom is 0.412 e. The first-order valence-corrected chi connectivity index (χ1v) is 6.51. The van der Waals surface area contributed by atoms with Crippen molar-refractivity contribution < 1.29 is 14.3 Å². The molecule has 1 atom stereocenters. The third-order valence-corrected chi connectivity index (χ3v) is 3.11. The molecule has 1 aromatic carbocycles. The molecular formula is C14H18ClNO3. The average Bonchev–Trinajstić information content (AvgIpc) is 2.98. The topological polar surface area (TPSA) is 50.9 Å². The van der Waals surface area contributed by atoms with Gasteiger partial charge >= 0.3 is 6.09 Å². The lowest BCUT2D eigenvalue weighted by molar-refractivity contribution is 0.0636. The summed E-state index contributed by atoms with van der Waals surface area (Å²) in [5.74, 6) is 0. The minimum Gasteiger partial charge on any atom is -0.444 e. The normalized spacial score (nSPS) is 21.9. The van der Waals surface area contributed by atoms with E-state index in [9.17, 15) is 4.79 Å². The summed E-state index contributed by atoms with van der Waals surface area (Å²) in [6.07, 6.45) is -0.518. The van der Waals surface area contributed by atoms with Crippen molar-refractivity contribution in [3.05, 3.63) is 28.8 Å². The van der Waals surface area contributed by atoms with Gasteiger partial charge in [-0.1, -0.05) is 17.7 Å². The number of benzene rings is 1. The molecule has 0 aliphatic carbocycles. The van der Waals surface area contributed by atoms with Gasteiger partial charge in [-0.3, -0.25) is 5.32 Å². The molecule has 1 unspecified atom stereocenters. The first kappa shape index (κ1) is 14.2. The Kier molecular flexibility index (Phi) is 3.49. The second-order valence-electron chi connectivity index (χ2n) is 5.84. The van der Waals surface area contributed by atoms with Crippen LogP contribution in [-0.4, -0.2) is 18.3 Å². The van der Waals surface area contributed by atoms with Crippen LogP contribution >= 0.6 is 11.6 Å². The number of halogens is 1. The summed E-state index contributed by atoms with van der Waals surface area (Å²) in [5.41, 5.74) is 0.774. The second-order valence-corrected chi connectivity index (χ2v) is 6.25. The molecule has 0 aromatic heterocycles. The van der Waals surface area contributed by atoms with Gasteiger partial charge in [0, 0.05) is 0 Å². The minimum absolute atomic E-state index is 0.228. The molecule has 104 valence electrons. The summed E-state index contributed by atoms with van der Waals surface area (Å²) in [4.78, 5) is 11.7. The highest BCUT2D eigenvalue weighted by atomic mass is 35.5. The van der Waals surface area contributed by atoms with Crippen LogP contribution in [0.2, 0.25) is 5.02 Å². The van der Waals surface area contributed by atoms with Crippen LogP contribution in [0.4, 0.5) is 10.5 Å². The van der Waals surface area contributed by atoms with Crippen LogP contribution in [0, 0.1) is 0 Å². The Labute approximate surface area is 118 Å². The summed E-state index contributed by atoms with van der Waals surface area (Å²) in [5, 5.41) is 3.10. The minimum atomic E-state index is -0.536. The van der Waals surface area contributed by atoms with Gasteiger partial charge < -0.3 is 9.47 Å². The van der Waals surface area contributed by atoms with Gasteiger partial charge in [0.15, 0.2) is 0 Å². The lowest BCUT2D eigenvalue weighted by Gasteiger charge is -2.20. The molecule has 1 aromatic rings. The van der Waals surface area contributed by atoms with Crippen LogP contribution < -0.4 is 5.32 Å². The molecule has 0 spiro atoms. The fourth-order valence-electron chi connectivity index (χ4n) is 1.63. The largest absolute Gasteiger partial charge is 0.444 e. The van der Waals surface area contributed by atoms with E-state index in [-0.39, 0.29) is 5.60 Å². The van der Waals surface area contributed by atoms with Crippen LogP contribution in [-0.2, 0) is 15.1 Å². The Hall–Kier alpha value is -1.26. The monoisotopic (exact) mass is 283 g/mol. The van der Waals surface area contributed by atoms with Crippen LogP contribution in [0.5, 0.6) is 0 Å². The number of nitrogens with one attached hydrogen (secondary N) is 1. The van der Waals surface area contributed by atoms with Crippen molar-refractivity contribution in [2.24, 2.45) is 0 Å². The predicted octanol–water partition coefficient (Wildman–Crippen LogP) is 3.93. The molecular weight excluding hydrogens is 266 g/mol. The smallest absolute Gasteiger partial charge is 0.412 e. The van der Waals surface area contributed by atoms with Crippen molar-refractivity contribution in [2.45, 2.75) is 38.9 Å². The van der Waals surface area contributed by atoms with E-state index in [2.05, 4.69) is 5.32 Å². The van der Waals surface area contributed by atoms with E-state index in [0.717, 1.165) is 5.56 Å². The lowest BCUT2D eigenvalue weighted by Crippen LogP contribution is -2.27. The van der Waals surface area contributed by atoms with Gasteiger partial charge in [-0.05, 0) is 45.4 Å². The quantitative estimate of drug-likeness (QED) is 0.837. The van der Waals surface area contributed by atoms with Gasteiger partial charge in [-0.2, -0.15) is 0 Å². The van der Waals surface area contributed by atoms with Gasteiger partial charge in [0.25, 0.3) is 0 Å². The number of epoxide rings is 1. The van der Waals surface area contributed by atoms with Crippen LogP contribution in [0.25, 0.3) is 0 Å². The van der Waals surface area contributed by atoms with Gasteiger partial charge in [0.05, 0.1) is 17.3 Å². The number of anilines is 1. The van der Waals surface area contributed by atoms with Crippen molar-refractivity contribution in [3.63, 3.8) is 0 Å². The Morgan fingerprint density at radius 3 is 2.58 bits per heavy atom. The van der Waals surface area contributed by atoms with Gasteiger partial charge in [-0.25, -0.2) is 4.79 Å². The highest BCUT2D eigenvalue weighted by Gasteiger charge is 2.41. The summed E-state index contributed by atoms with van der Waals surface area (Å²) < 4.78 is 10.5. The predicted molar refractivity (Wildman–Crippen MR) is 74.6 cm³/mol.